The summed E-state index contributed by atoms with van der Waals surface area (Å²) in [4.78, 5) is 0. The molecule has 0 amide bonds. The van der Waals surface area contributed by atoms with E-state index in [1.807, 2.05) is 12.1 Å². The van der Waals surface area contributed by atoms with E-state index in [1.165, 1.54) is 25.7 Å². The highest BCUT2D eigenvalue weighted by Gasteiger charge is 2.21. The lowest BCUT2D eigenvalue weighted by Crippen LogP contribution is -2.23. The van der Waals surface area contributed by atoms with Gasteiger partial charge in [-0.05, 0) is 43.9 Å². The molecule has 92 valence electrons. The van der Waals surface area contributed by atoms with Gasteiger partial charge in [0.1, 0.15) is 12.1 Å². The molecule has 1 atom stereocenters. The predicted molar refractivity (Wildman–Crippen MR) is 70.9 cm³/mol. The van der Waals surface area contributed by atoms with Gasteiger partial charge in [-0.3, -0.25) is 0 Å². The van der Waals surface area contributed by atoms with E-state index in [2.05, 4.69) is 18.3 Å². The number of hydrogen-bond donors (Lipinski definition) is 1. The van der Waals surface area contributed by atoms with Gasteiger partial charge in [-0.15, -0.1) is 0 Å². The molecule has 3 heteroatoms. The number of rotatable bonds is 3. The van der Waals surface area contributed by atoms with Crippen LogP contribution in [0.25, 0.3) is 0 Å². The highest BCUT2D eigenvalue weighted by atomic mass is 14.9. The largest absolute Gasteiger partial charge is 0.382 e. The van der Waals surface area contributed by atoms with Crippen molar-refractivity contribution in [2.75, 3.05) is 5.32 Å². The molecule has 0 saturated heterocycles. The van der Waals surface area contributed by atoms with Crippen LogP contribution >= 0.6 is 0 Å². The van der Waals surface area contributed by atoms with Crippen molar-refractivity contribution >= 4 is 5.69 Å². The van der Waals surface area contributed by atoms with Crippen LogP contribution in [0.3, 0.4) is 0 Å². The van der Waals surface area contributed by atoms with Crippen LogP contribution in [-0.4, -0.2) is 6.04 Å². The third-order valence-corrected chi connectivity index (χ3v) is 3.76. The first-order valence-corrected chi connectivity index (χ1v) is 6.45. The summed E-state index contributed by atoms with van der Waals surface area (Å²) in [5.74, 6) is 0.728. The zero-order valence-corrected chi connectivity index (χ0v) is 10.6. The van der Waals surface area contributed by atoms with E-state index in [4.69, 9.17) is 10.5 Å². The first-order valence-electron chi connectivity index (χ1n) is 6.45. The number of anilines is 1. The normalized spacial score (nSPS) is 16.8. The second-order valence-electron chi connectivity index (χ2n) is 4.96. The maximum Gasteiger partial charge on any atom is 0.101 e. The lowest BCUT2D eigenvalue weighted by molar-refractivity contribution is 0.482. The van der Waals surface area contributed by atoms with Crippen molar-refractivity contribution in [3.8, 4) is 12.1 Å². The summed E-state index contributed by atoms with van der Waals surface area (Å²) in [6.07, 6.45) is 5.23. The molecule has 1 saturated carbocycles. The Morgan fingerprint density at radius 2 is 1.83 bits per heavy atom. The summed E-state index contributed by atoms with van der Waals surface area (Å²) >= 11 is 0. The van der Waals surface area contributed by atoms with Crippen LogP contribution in [-0.2, 0) is 0 Å². The van der Waals surface area contributed by atoms with Crippen LogP contribution in [0, 0.1) is 28.6 Å². The SMILES string of the molecule is CC(Nc1ccc(C#N)c(C#N)c1)C1CCCC1. The Morgan fingerprint density at radius 3 is 2.44 bits per heavy atom. The average Bonchev–Trinajstić information content (AvgIpc) is 2.92. The van der Waals surface area contributed by atoms with Crippen molar-refractivity contribution in [2.45, 2.75) is 38.6 Å². The number of benzene rings is 1. The van der Waals surface area contributed by atoms with Crippen molar-refractivity contribution in [3.63, 3.8) is 0 Å². The third kappa shape index (κ3) is 2.63. The average molecular weight is 239 g/mol. The molecule has 1 aromatic rings. The van der Waals surface area contributed by atoms with Gasteiger partial charge in [-0.1, -0.05) is 12.8 Å². The number of nitrogens with zero attached hydrogens (tertiary/aromatic N) is 2. The standard InChI is InChI=1S/C15H17N3/c1-11(12-4-2-3-5-12)18-15-7-6-13(9-16)14(8-15)10-17/h6-8,11-12,18H,2-5H2,1H3. The second kappa shape index (κ2) is 5.56. The van der Waals surface area contributed by atoms with Gasteiger partial charge in [-0.25, -0.2) is 0 Å². The second-order valence-corrected chi connectivity index (χ2v) is 4.96. The van der Waals surface area contributed by atoms with Gasteiger partial charge < -0.3 is 5.32 Å². The minimum absolute atomic E-state index is 0.423. The van der Waals surface area contributed by atoms with Crippen LogP contribution < -0.4 is 5.32 Å². The first kappa shape index (κ1) is 12.5. The smallest absolute Gasteiger partial charge is 0.101 e. The summed E-state index contributed by atoms with van der Waals surface area (Å²) in [7, 11) is 0. The minimum atomic E-state index is 0.423. The van der Waals surface area contributed by atoms with Crippen LogP contribution in [0.1, 0.15) is 43.7 Å². The fourth-order valence-corrected chi connectivity index (χ4v) is 2.66. The van der Waals surface area contributed by atoms with Crippen LogP contribution in [0.5, 0.6) is 0 Å². The van der Waals surface area contributed by atoms with E-state index in [0.29, 0.717) is 17.2 Å². The summed E-state index contributed by atoms with van der Waals surface area (Å²) in [6.45, 7) is 2.19. The van der Waals surface area contributed by atoms with Gasteiger partial charge in [-0.2, -0.15) is 10.5 Å². The van der Waals surface area contributed by atoms with Gasteiger partial charge in [0.15, 0.2) is 0 Å². The summed E-state index contributed by atoms with van der Waals surface area (Å²) < 4.78 is 0. The number of hydrogen-bond acceptors (Lipinski definition) is 3. The van der Waals surface area contributed by atoms with Gasteiger partial charge in [0, 0.05) is 11.7 Å². The van der Waals surface area contributed by atoms with E-state index < -0.39 is 0 Å². The molecule has 1 unspecified atom stereocenters. The molecule has 3 nitrogen and oxygen atoms in total. The Kier molecular flexibility index (Phi) is 3.85. The molecule has 0 heterocycles. The lowest BCUT2D eigenvalue weighted by atomic mass is 9.99. The summed E-state index contributed by atoms with van der Waals surface area (Å²) in [6, 6.07) is 9.88. The predicted octanol–water partition coefficient (Wildman–Crippen LogP) is 3.42. The fraction of sp³-hybridized carbons (Fsp3) is 0.467. The van der Waals surface area contributed by atoms with Crippen molar-refractivity contribution in [1.29, 1.82) is 10.5 Å². The highest BCUT2D eigenvalue weighted by molar-refractivity contribution is 5.56. The highest BCUT2D eigenvalue weighted by Crippen LogP contribution is 2.29. The van der Waals surface area contributed by atoms with E-state index in [-0.39, 0.29) is 0 Å². The summed E-state index contributed by atoms with van der Waals surface area (Å²) in [5.41, 5.74) is 1.82. The molecular weight excluding hydrogens is 222 g/mol. The third-order valence-electron chi connectivity index (χ3n) is 3.76. The van der Waals surface area contributed by atoms with Crippen molar-refractivity contribution < 1.29 is 0 Å². The Morgan fingerprint density at radius 1 is 1.17 bits per heavy atom. The molecule has 0 spiro atoms. The molecule has 0 bridgehead atoms. The monoisotopic (exact) mass is 239 g/mol. The van der Waals surface area contributed by atoms with E-state index >= 15 is 0 Å². The first-order chi connectivity index (χ1) is 8.74. The molecule has 1 aliphatic carbocycles. The molecule has 1 N–H and O–H groups in total. The van der Waals surface area contributed by atoms with Gasteiger partial charge in [0.05, 0.1) is 11.1 Å². The van der Waals surface area contributed by atoms with Crippen LogP contribution in [0.2, 0.25) is 0 Å². The molecule has 1 fully saturated rings. The zero-order valence-electron chi connectivity index (χ0n) is 10.6. The maximum atomic E-state index is 8.99. The minimum Gasteiger partial charge on any atom is -0.382 e. The van der Waals surface area contributed by atoms with Crippen molar-refractivity contribution in [3.05, 3.63) is 29.3 Å². The molecule has 0 radical (unpaired) electrons. The molecular formula is C15H17N3. The van der Waals surface area contributed by atoms with Crippen molar-refractivity contribution in [2.24, 2.45) is 5.92 Å². The quantitative estimate of drug-likeness (QED) is 0.879. The topological polar surface area (TPSA) is 59.6 Å². The van der Waals surface area contributed by atoms with E-state index in [9.17, 15) is 0 Å². The Labute approximate surface area is 108 Å². The maximum absolute atomic E-state index is 8.99. The Bertz CT molecular complexity index is 501. The van der Waals surface area contributed by atoms with E-state index in [1.54, 1.807) is 12.1 Å². The van der Waals surface area contributed by atoms with Crippen LogP contribution in [0.15, 0.2) is 18.2 Å². The van der Waals surface area contributed by atoms with Crippen molar-refractivity contribution in [1.82, 2.24) is 0 Å². The Hall–Kier alpha value is -2.00. The molecule has 1 aliphatic rings. The zero-order chi connectivity index (χ0) is 13.0. The molecule has 1 aromatic carbocycles. The van der Waals surface area contributed by atoms with Gasteiger partial charge >= 0.3 is 0 Å². The van der Waals surface area contributed by atoms with Gasteiger partial charge in [0.2, 0.25) is 0 Å². The van der Waals surface area contributed by atoms with Crippen LogP contribution in [0.4, 0.5) is 5.69 Å². The van der Waals surface area contributed by atoms with E-state index in [0.717, 1.165) is 11.6 Å². The number of nitriles is 2. The lowest BCUT2D eigenvalue weighted by Gasteiger charge is -2.21. The molecule has 0 aromatic heterocycles. The fourth-order valence-electron chi connectivity index (χ4n) is 2.66. The summed E-state index contributed by atoms with van der Waals surface area (Å²) in [5, 5.41) is 21.3. The molecule has 0 aliphatic heterocycles. The molecule has 18 heavy (non-hydrogen) atoms. The number of nitrogens with one attached hydrogen (secondary N) is 1. The van der Waals surface area contributed by atoms with Gasteiger partial charge in [0.25, 0.3) is 0 Å². The molecule has 2 rings (SSSR count). The Balaban J connectivity index is 2.10.